The lowest BCUT2D eigenvalue weighted by molar-refractivity contribution is -0.134. The minimum Gasteiger partial charge on any atom is -0.466 e. The van der Waals surface area contributed by atoms with Crippen LogP contribution in [0.3, 0.4) is 0 Å². The average Bonchev–Trinajstić information content (AvgIpc) is 3.11. The molecule has 1 heterocycles. The number of aromatic amines is 1. The highest BCUT2D eigenvalue weighted by Crippen LogP contribution is 2.35. The summed E-state index contributed by atoms with van der Waals surface area (Å²) >= 11 is 0. The molecule has 0 amide bonds. The van der Waals surface area contributed by atoms with Crippen LogP contribution in [0.25, 0.3) is 17.1 Å². The molecule has 0 aliphatic heterocycles. The average molecular weight is 285 g/mol. The number of aromatic nitrogens is 2. The predicted octanol–water partition coefficient (Wildman–Crippen LogP) is 2.48. The van der Waals surface area contributed by atoms with Gasteiger partial charge in [-0.15, -0.1) is 0 Å². The Morgan fingerprint density at radius 2 is 2.19 bits per heavy atom. The van der Waals surface area contributed by atoms with Gasteiger partial charge in [0.2, 0.25) is 0 Å². The number of esters is 1. The molecule has 0 bridgehead atoms. The van der Waals surface area contributed by atoms with Gasteiger partial charge >= 0.3 is 5.97 Å². The maximum absolute atomic E-state index is 11.1. The van der Waals surface area contributed by atoms with Crippen LogP contribution in [0.4, 0.5) is 0 Å². The zero-order valence-electron chi connectivity index (χ0n) is 12.1. The van der Waals surface area contributed by atoms with Gasteiger partial charge in [-0.3, -0.25) is 0 Å². The summed E-state index contributed by atoms with van der Waals surface area (Å²) in [7, 11) is 1.36. The van der Waals surface area contributed by atoms with Gasteiger partial charge in [0.05, 0.1) is 23.7 Å². The molecule has 1 aromatic heterocycles. The van der Waals surface area contributed by atoms with E-state index in [1.54, 1.807) is 6.08 Å². The number of carbonyl (C=O) groups excluding carboxylic acids is 1. The number of ether oxygens (including phenoxy) is 1. The van der Waals surface area contributed by atoms with Crippen LogP contribution in [-0.4, -0.2) is 23.0 Å². The van der Waals surface area contributed by atoms with Crippen LogP contribution in [0, 0.1) is 0 Å². The number of nitrogens with two attached hydrogens (primary N) is 1. The van der Waals surface area contributed by atoms with E-state index in [4.69, 9.17) is 5.73 Å². The smallest absolute Gasteiger partial charge is 0.330 e. The summed E-state index contributed by atoms with van der Waals surface area (Å²) in [6.07, 6.45) is 7.38. The molecule has 1 fully saturated rings. The molecule has 0 spiro atoms. The molecule has 3 N–H and O–H groups in total. The Hall–Kier alpha value is -2.14. The molecule has 0 radical (unpaired) electrons. The second kappa shape index (κ2) is 5.33. The second-order valence-corrected chi connectivity index (χ2v) is 5.58. The van der Waals surface area contributed by atoms with E-state index in [2.05, 4.69) is 14.7 Å². The predicted molar refractivity (Wildman–Crippen MR) is 81.5 cm³/mol. The Bertz CT molecular complexity index is 697. The highest BCUT2D eigenvalue weighted by molar-refractivity contribution is 5.88. The Kier molecular flexibility index (Phi) is 3.51. The van der Waals surface area contributed by atoms with E-state index in [0.717, 1.165) is 48.1 Å². The number of carbonyl (C=O) groups is 1. The van der Waals surface area contributed by atoms with Gasteiger partial charge in [-0.05, 0) is 36.6 Å². The van der Waals surface area contributed by atoms with Gasteiger partial charge in [-0.1, -0.05) is 18.9 Å². The largest absolute Gasteiger partial charge is 0.466 e. The first kappa shape index (κ1) is 13.8. The lowest BCUT2D eigenvalue weighted by atomic mass is 9.99. The van der Waals surface area contributed by atoms with E-state index in [0.29, 0.717) is 0 Å². The third-order valence-corrected chi connectivity index (χ3v) is 4.09. The highest BCUT2D eigenvalue weighted by atomic mass is 16.5. The normalized spacial score (nSPS) is 17.6. The number of nitrogens with one attached hydrogen (secondary N) is 1. The van der Waals surface area contributed by atoms with Gasteiger partial charge in [-0.2, -0.15) is 0 Å². The van der Waals surface area contributed by atoms with Crippen LogP contribution < -0.4 is 5.73 Å². The monoisotopic (exact) mass is 285 g/mol. The highest BCUT2D eigenvalue weighted by Gasteiger charge is 2.34. The Morgan fingerprint density at radius 1 is 1.43 bits per heavy atom. The van der Waals surface area contributed by atoms with Crippen LogP contribution in [0.15, 0.2) is 24.3 Å². The number of hydrogen-bond acceptors (Lipinski definition) is 4. The molecule has 0 unspecified atom stereocenters. The van der Waals surface area contributed by atoms with Crippen molar-refractivity contribution >= 4 is 23.1 Å². The number of H-pyrrole nitrogens is 1. The summed E-state index contributed by atoms with van der Waals surface area (Å²) in [5, 5.41) is 0. The van der Waals surface area contributed by atoms with Crippen molar-refractivity contribution in [2.75, 3.05) is 7.11 Å². The number of imidazole rings is 1. The minimum absolute atomic E-state index is 0.318. The van der Waals surface area contributed by atoms with E-state index in [9.17, 15) is 4.79 Å². The van der Waals surface area contributed by atoms with Gasteiger partial charge in [-0.25, -0.2) is 9.78 Å². The molecule has 1 aliphatic carbocycles. The van der Waals surface area contributed by atoms with Crippen molar-refractivity contribution < 1.29 is 9.53 Å². The minimum atomic E-state index is -0.368. The molecule has 21 heavy (non-hydrogen) atoms. The van der Waals surface area contributed by atoms with Gasteiger partial charge < -0.3 is 15.5 Å². The summed E-state index contributed by atoms with van der Waals surface area (Å²) in [6.45, 7) is 0. The van der Waals surface area contributed by atoms with Gasteiger partial charge in [0.1, 0.15) is 5.82 Å². The lowest BCUT2D eigenvalue weighted by Gasteiger charge is -2.19. The lowest BCUT2D eigenvalue weighted by Crippen LogP contribution is -2.34. The fourth-order valence-electron chi connectivity index (χ4n) is 2.84. The molecule has 110 valence electrons. The molecule has 2 aromatic rings. The van der Waals surface area contributed by atoms with Crippen LogP contribution in [0.1, 0.15) is 37.1 Å². The number of hydrogen-bond donors (Lipinski definition) is 2. The van der Waals surface area contributed by atoms with Gasteiger partial charge in [0.25, 0.3) is 0 Å². The molecule has 3 rings (SSSR count). The SMILES string of the molecule is COC(=O)C=Cc1ccc2nc(C3(N)CCCC3)[nH]c2c1. The van der Waals surface area contributed by atoms with Crippen molar-refractivity contribution in [3.8, 4) is 0 Å². The molecule has 1 aliphatic rings. The number of benzene rings is 1. The molecule has 1 aromatic carbocycles. The van der Waals surface area contributed by atoms with Crippen molar-refractivity contribution in [1.82, 2.24) is 9.97 Å². The van der Waals surface area contributed by atoms with Crippen LogP contribution in [-0.2, 0) is 15.1 Å². The van der Waals surface area contributed by atoms with Crippen molar-refractivity contribution in [3.63, 3.8) is 0 Å². The summed E-state index contributed by atoms with van der Waals surface area (Å²) in [5.74, 6) is 0.497. The summed E-state index contributed by atoms with van der Waals surface area (Å²) in [4.78, 5) is 19.1. The van der Waals surface area contributed by atoms with E-state index >= 15 is 0 Å². The fourth-order valence-corrected chi connectivity index (χ4v) is 2.84. The van der Waals surface area contributed by atoms with E-state index in [1.165, 1.54) is 13.2 Å². The zero-order chi connectivity index (χ0) is 14.9. The maximum Gasteiger partial charge on any atom is 0.330 e. The first-order chi connectivity index (χ1) is 10.1. The van der Waals surface area contributed by atoms with Crippen molar-refractivity contribution in [1.29, 1.82) is 0 Å². The van der Waals surface area contributed by atoms with Crippen molar-refractivity contribution in [2.24, 2.45) is 5.73 Å². The van der Waals surface area contributed by atoms with Gasteiger partial charge in [0, 0.05) is 6.08 Å². The first-order valence-electron chi connectivity index (χ1n) is 7.16. The Morgan fingerprint density at radius 3 is 2.90 bits per heavy atom. The maximum atomic E-state index is 11.1. The molecule has 5 nitrogen and oxygen atoms in total. The van der Waals surface area contributed by atoms with E-state index in [-0.39, 0.29) is 11.5 Å². The molecule has 0 saturated heterocycles. The Balaban J connectivity index is 1.92. The fraction of sp³-hybridized carbons (Fsp3) is 0.375. The van der Waals surface area contributed by atoms with E-state index in [1.807, 2.05) is 18.2 Å². The third-order valence-electron chi connectivity index (χ3n) is 4.09. The third kappa shape index (κ3) is 2.69. The molecular weight excluding hydrogens is 266 g/mol. The van der Waals surface area contributed by atoms with E-state index < -0.39 is 0 Å². The number of rotatable bonds is 3. The van der Waals surface area contributed by atoms with Crippen LogP contribution >= 0.6 is 0 Å². The van der Waals surface area contributed by atoms with Gasteiger partial charge in [0.15, 0.2) is 0 Å². The second-order valence-electron chi connectivity index (χ2n) is 5.58. The number of methoxy groups -OCH3 is 1. The van der Waals surface area contributed by atoms with Crippen molar-refractivity contribution in [3.05, 3.63) is 35.7 Å². The summed E-state index contributed by atoms with van der Waals surface area (Å²) < 4.78 is 4.58. The molecular formula is C16H19N3O2. The Labute approximate surface area is 123 Å². The standard InChI is InChI=1S/C16H19N3O2/c1-21-14(20)7-5-11-4-6-12-13(10-11)19-15(18-12)16(17)8-2-3-9-16/h4-7,10H,2-3,8-9,17H2,1H3,(H,18,19). The van der Waals surface area contributed by atoms with Crippen LogP contribution in [0.2, 0.25) is 0 Å². The first-order valence-corrected chi connectivity index (χ1v) is 7.16. The van der Waals surface area contributed by atoms with Crippen molar-refractivity contribution in [2.45, 2.75) is 31.2 Å². The van der Waals surface area contributed by atoms with Crippen LogP contribution in [0.5, 0.6) is 0 Å². The summed E-state index contributed by atoms with van der Waals surface area (Å²) in [6, 6.07) is 5.82. The molecule has 5 heteroatoms. The summed E-state index contributed by atoms with van der Waals surface area (Å²) in [5.41, 5.74) is 8.87. The molecule has 0 atom stereocenters. The zero-order valence-corrected chi connectivity index (χ0v) is 12.1. The quantitative estimate of drug-likeness (QED) is 0.670. The number of nitrogens with zero attached hydrogens (tertiary/aromatic N) is 1. The number of fused-ring (bicyclic) bond motifs is 1. The molecule has 1 saturated carbocycles. The topological polar surface area (TPSA) is 81.0 Å².